The predicted molar refractivity (Wildman–Crippen MR) is 123 cm³/mol. The fourth-order valence-electron chi connectivity index (χ4n) is 2.86. The second-order valence-corrected chi connectivity index (χ2v) is 7.90. The molecule has 0 unspecified atom stereocenters. The van der Waals surface area contributed by atoms with Crippen molar-refractivity contribution in [1.29, 1.82) is 0 Å². The van der Waals surface area contributed by atoms with Crippen LogP contribution in [0.3, 0.4) is 0 Å². The lowest BCUT2D eigenvalue weighted by Crippen LogP contribution is -2.14. The number of ketones is 1. The summed E-state index contributed by atoms with van der Waals surface area (Å²) in [6, 6.07) is 12.0. The third-order valence-electron chi connectivity index (χ3n) is 4.34. The number of benzene rings is 2. The number of amides is 1. The molecular weight excluding hydrogens is 436 g/mol. The maximum absolute atomic E-state index is 12.4. The molecule has 0 atom stereocenters. The highest BCUT2D eigenvalue weighted by molar-refractivity contribution is 7.99. The van der Waals surface area contributed by atoms with Gasteiger partial charge in [-0.25, -0.2) is 0 Å². The Morgan fingerprint density at radius 1 is 1.23 bits per heavy atom. The Hall–Kier alpha value is -3.10. The number of nitrogens with zero attached hydrogens (tertiary/aromatic N) is 3. The lowest BCUT2D eigenvalue weighted by atomic mass is 10.1. The minimum Gasteiger partial charge on any atom is -0.496 e. The number of anilines is 1. The number of hydrogen-bond donors (Lipinski definition) is 1. The molecule has 7 nitrogen and oxygen atoms in total. The van der Waals surface area contributed by atoms with Gasteiger partial charge in [0.05, 0.1) is 18.4 Å². The summed E-state index contributed by atoms with van der Waals surface area (Å²) in [5, 5.41) is 12.4. The summed E-state index contributed by atoms with van der Waals surface area (Å²) >= 11 is 7.41. The van der Waals surface area contributed by atoms with E-state index in [0.717, 1.165) is 0 Å². The van der Waals surface area contributed by atoms with Crippen molar-refractivity contribution in [2.45, 2.75) is 18.6 Å². The van der Waals surface area contributed by atoms with Crippen LogP contribution in [0.1, 0.15) is 17.3 Å². The lowest BCUT2D eigenvalue weighted by molar-refractivity contribution is -0.113. The van der Waals surface area contributed by atoms with E-state index in [4.69, 9.17) is 16.3 Å². The number of nitrogens with one attached hydrogen (secondary N) is 1. The number of carbonyl (C=O) groups is 2. The molecule has 3 rings (SSSR count). The van der Waals surface area contributed by atoms with E-state index in [1.807, 2.05) is 4.57 Å². The van der Waals surface area contributed by atoms with Crippen molar-refractivity contribution in [2.24, 2.45) is 0 Å². The van der Waals surface area contributed by atoms with E-state index >= 15 is 0 Å². The summed E-state index contributed by atoms with van der Waals surface area (Å²) in [5.74, 6) is 1.10. The number of hydrogen-bond acceptors (Lipinski definition) is 6. The van der Waals surface area contributed by atoms with Crippen LogP contribution in [0.15, 0.2) is 60.3 Å². The minimum atomic E-state index is -0.199. The maximum atomic E-state index is 12.4. The standard InChI is InChI=1S/C22H21ClN4O3S/c1-4-11-27-21(18-12-16(23)7-10-19(18)30-3)25-26-22(27)31-13-20(29)24-17-8-5-15(6-9-17)14(2)28/h4-10,12H,1,11,13H2,2-3H3,(H,24,29). The average molecular weight is 457 g/mol. The van der Waals surface area contributed by atoms with Gasteiger partial charge in [0.2, 0.25) is 5.91 Å². The molecule has 0 spiro atoms. The fraction of sp³-hybridized carbons (Fsp3) is 0.182. The number of aromatic nitrogens is 3. The molecule has 0 aliphatic rings. The van der Waals surface area contributed by atoms with Crippen molar-refractivity contribution < 1.29 is 14.3 Å². The minimum absolute atomic E-state index is 0.0258. The van der Waals surface area contributed by atoms with Crippen LogP contribution in [0, 0.1) is 0 Å². The van der Waals surface area contributed by atoms with Gasteiger partial charge in [0.15, 0.2) is 16.8 Å². The summed E-state index contributed by atoms with van der Waals surface area (Å²) in [6.07, 6.45) is 1.73. The molecular formula is C22H21ClN4O3S. The van der Waals surface area contributed by atoms with E-state index in [-0.39, 0.29) is 17.4 Å². The SMILES string of the molecule is C=CCn1c(SCC(=O)Nc2ccc(C(C)=O)cc2)nnc1-c1cc(Cl)ccc1OC. The molecule has 1 N–H and O–H groups in total. The van der Waals surface area contributed by atoms with Crippen LogP contribution in [0.4, 0.5) is 5.69 Å². The molecule has 1 amide bonds. The first kappa shape index (κ1) is 22.6. The van der Waals surface area contributed by atoms with Crippen molar-refractivity contribution in [2.75, 3.05) is 18.2 Å². The molecule has 0 bridgehead atoms. The fourth-order valence-corrected chi connectivity index (χ4v) is 3.78. The van der Waals surface area contributed by atoms with E-state index in [1.54, 1.807) is 55.7 Å². The topological polar surface area (TPSA) is 86.1 Å². The molecule has 2 aromatic carbocycles. The molecule has 31 heavy (non-hydrogen) atoms. The van der Waals surface area contributed by atoms with Crippen LogP contribution < -0.4 is 10.1 Å². The zero-order valence-electron chi connectivity index (χ0n) is 17.1. The van der Waals surface area contributed by atoms with Crippen molar-refractivity contribution in [3.8, 4) is 17.1 Å². The number of rotatable bonds is 9. The van der Waals surface area contributed by atoms with Crippen LogP contribution in [-0.2, 0) is 11.3 Å². The van der Waals surface area contributed by atoms with Gasteiger partial charge in [0.25, 0.3) is 0 Å². The number of allylic oxidation sites excluding steroid dienone is 1. The van der Waals surface area contributed by atoms with E-state index in [0.29, 0.717) is 45.1 Å². The van der Waals surface area contributed by atoms with Gasteiger partial charge in [-0.05, 0) is 49.4 Å². The smallest absolute Gasteiger partial charge is 0.234 e. The maximum Gasteiger partial charge on any atom is 0.234 e. The highest BCUT2D eigenvalue weighted by atomic mass is 35.5. The Kier molecular flexibility index (Phi) is 7.49. The number of Topliss-reactive ketones (excluding diaryl/α,β-unsaturated/α-hetero) is 1. The molecule has 0 aliphatic carbocycles. The van der Waals surface area contributed by atoms with Crippen molar-refractivity contribution >= 4 is 40.7 Å². The van der Waals surface area contributed by atoms with Crippen LogP contribution in [-0.4, -0.2) is 39.3 Å². The molecule has 9 heteroatoms. The van der Waals surface area contributed by atoms with Gasteiger partial charge in [-0.1, -0.05) is 29.4 Å². The lowest BCUT2D eigenvalue weighted by Gasteiger charge is -2.11. The van der Waals surface area contributed by atoms with Gasteiger partial charge in [-0.3, -0.25) is 14.2 Å². The summed E-state index contributed by atoms with van der Waals surface area (Å²) in [6.45, 7) is 5.75. The van der Waals surface area contributed by atoms with E-state index in [9.17, 15) is 9.59 Å². The van der Waals surface area contributed by atoms with Crippen LogP contribution in [0.5, 0.6) is 5.75 Å². The molecule has 0 saturated heterocycles. The number of thioether (sulfide) groups is 1. The molecule has 0 saturated carbocycles. The Bertz CT molecular complexity index is 1110. The Morgan fingerprint density at radius 3 is 2.61 bits per heavy atom. The first-order valence-corrected chi connectivity index (χ1v) is 10.7. The van der Waals surface area contributed by atoms with Crippen molar-refractivity contribution in [3.05, 3.63) is 65.7 Å². The second kappa shape index (κ2) is 10.3. The highest BCUT2D eigenvalue weighted by Crippen LogP contribution is 2.33. The van der Waals surface area contributed by atoms with Gasteiger partial charge in [0, 0.05) is 22.8 Å². The molecule has 1 heterocycles. The van der Waals surface area contributed by atoms with Gasteiger partial charge in [-0.2, -0.15) is 0 Å². The number of ether oxygens (including phenoxy) is 1. The van der Waals surface area contributed by atoms with E-state index in [1.165, 1.54) is 18.7 Å². The molecule has 0 aliphatic heterocycles. The van der Waals surface area contributed by atoms with Crippen LogP contribution in [0.25, 0.3) is 11.4 Å². The zero-order chi connectivity index (χ0) is 22.4. The van der Waals surface area contributed by atoms with Crippen LogP contribution >= 0.6 is 23.4 Å². The molecule has 0 radical (unpaired) electrons. The largest absolute Gasteiger partial charge is 0.496 e. The van der Waals surface area contributed by atoms with E-state index < -0.39 is 0 Å². The van der Waals surface area contributed by atoms with Crippen molar-refractivity contribution in [1.82, 2.24) is 14.8 Å². The third-order valence-corrected chi connectivity index (χ3v) is 5.54. The first-order chi connectivity index (χ1) is 14.9. The number of halogens is 1. The average Bonchev–Trinajstić information content (AvgIpc) is 3.15. The highest BCUT2D eigenvalue weighted by Gasteiger charge is 2.18. The van der Waals surface area contributed by atoms with Gasteiger partial charge in [0.1, 0.15) is 5.75 Å². The van der Waals surface area contributed by atoms with E-state index in [2.05, 4.69) is 22.1 Å². The monoisotopic (exact) mass is 456 g/mol. The quantitative estimate of drug-likeness (QED) is 0.284. The Labute approximate surface area is 189 Å². The third kappa shape index (κ3) is 5.53. The second-order valence-electron chi connectivity index (χ2n) is 6.52. The van der Waals surface area contributed by atoms with Gasteiger partial charge >= 0.3 is 0 Å². The molecule has 3 aromatic rings. The van der Waals surface area contributed by atoms with Crippen LogP contribution in [0.2, 0.25) is 5.02 Å². The summed E-state index contributed by atoms with van der Waals surface area (Å²) in [5.41, 5.74) is 1.91. The van der Waals surface area contributed by atoms with Crippen molar-refractivity contribution in [3.63, 3.8) is 0 Å². The zero-order valence-corrected chi connectivity index (χ0v) is 18.7. The summed E-state index contributed by atoms with van der Waals surface area (Å²) < 4.78 is 7.28. The number of methoxy groups -OCH3 is 1. The first-order valence-electron chi connectivity index (χ1n) is 9.34. The van der Waals surface area contributed by atoms with Gasteiger partial charge in [-0.15, -0.1) is 16.8 Å². The predicted octanol–water partition coefficient (Wildman–Crippen LogP) is 4.73. The molecule has 1 aromatic heterocycles. The molecule has 0 fully saturated rings. The summed E-state index contributed by atoms with van der Waals surface area (Å²) in [7, 11) is 1.57. The summed E-state index contributed by atoms with van der Waals surface area (Å²) in [4.78, 5) is 23.7. The molecule has 160 valence electrons. The Balaban J connectivity index is 1.75. The normalized spacial score (nSPS) is 10.5. The Morgan fingerprint density at radius 2 is 1.97 bits per heavy atom. The number of carbonyl (C=O) groups excluding carboxylic acids is 2. The van der Waals surface area contributed by atoms with Gasteiger partial charge < -0.3 is 10.1 Å².